The molecule has 2 rings (SSSR count). The minimum absolute atomic E-state index is 0.0876. The average Bonchev–Trinajstić information content (AvgIpc) is 2.84. The van der Waals surface area contributed by atoms with E-state index < -0.39 is 7.60 Å². The fraction of sp³-hybridized carbons (Fsp3) is 0.350. The van der Waals surface area contributed by atoms with E-state index in [0.717, 1.165) is 24.2 Å². The van der Waals surface area contributed by atoms with Gasteiger partial charge >= 0.3 is 7.60 Å². The SMILES string of the molecule is O=P(O)(O)CCCNCC1=CC=C(OCCCc2ccccc2)C=C=C1. The number of aryl methyl sites for hydroxylation is 1. The van der Waals surface area contributed by atoms with E-state index >= 15 is 0 Å². The van der Waals surface area contributed by atoms with Gasteiger partial charge in [0, 0.05) is 12.6 Å². The standard InChI is InChI=1S/C20H26NO4P/c22-26(23,24)16-6-14-21-17-19-9-4-11-20(13-12-19)25-15-5-10-18-7-2-1-3-8-18/h1-3,7-9,11-13,21H,5-6,10,14-17H2,(H2,22,23,24). The number of ether oxygens (including phenoxy) is 1. The van der Waals surface area contributed by atoms with E-state index in [0.29, 0.717) is 26.1 Å². The molecule has 140 valence electrons. The smallest absolute Gasteiger partial charge is 0.325 e. The monoisotopic (exact) mass is 375 g/mol. The van der Waals surface area contributed by atoms with Gasteiger partial charge in [0.05, 0.1) is 12.8 Å². The zero-order valence-corrected chi connectivity index (χ0v) is 15.7. The third-order valence-corrected chi connectivity index (χ3v) is 4.71. The van der Waals surface area contributed by atoms with Crippen molar-refractivity contribution in [2.75, 3.05) is 25.9 Å². The molecule has 0 saturated carbocycles. The first-order valence-corrected chi connectivity index (χ1v) is 10.6. The molecular formula is C20H26NO4P. The van der Waals surface area contributed by atoms with Gasteiger partial charge in [0.15, 0.2) is 0 Å². The molecule has 3 N–H and O–H groups in total. The van der Waals surface area contributed by atoms with Crippen molar-refractivity contribution in [3.63, 3.8) is 0 Å². The summed E-state index contributed by atoms with van der Waals surface area (Å²) >= 11 is 0. The highest BCUT2D eigenvalue weighted by Crippen LogP contribution is 2.34. The number of benzene rings is 1. The van der Waals surface area contributed by atoms with Crippen molar-refractivity contribution < 1.29 is 19.1 Å². The number of hydrogen-bond donors (Lipinski definition) is 3. The van der Waals surface area contributed by atoms with E-state index in [1.165, 1.54) is 5.56 Å². The summed E-state index contributed by atoms with van der Waals surface area (Å²) in [4.78, 5) is 17.6. The molecule has 0 heterocycles. The Hall–Kier alpha value is -1.87. The Morgan fingerprint density at radius 2 is 1.88 bits per heavy atom. The highest BCUT2D eigenvalue weighted by Gasteiger charge is 2.10. The second-order valence-corrected chi connectivity index (χ2v) is 7.90. The molecule has 1 aromatic rings. The maximum absolute atomic E-state index is 10.8. The van der Waals surface area contributed by atoms with E-state index in [4.69, 9.17) is 14.5 Å². The number of allylic oxidation sites excluding steroid dienone is 3. The Balaban J connectivity index is 1.66. The summed E-state index contributed by atoms with van der Waals surface area (Å²) in [6.07, 6.45) is 9.90. The highest BCUT2D eigenvalue weighted by atomic mass is 31.2. The first-order chi connectivity index (χ1) is 12.5. The van der Waals surface area contributed by atoms with Crippen molar-refractivity contribution in [3.8, 4) is 0 Å². The number of nitrogens with one attached hydrogen (secondary N) is 1. The molecule has 0 atom stereocenters. The first kappa shape index (κ1) is 20.4. The average molecular weight is 375 g/mol. The van der Waals surface area contributed by atoms with Crippen LogP contribution in [0.15, 0.2) is 71.7 Å². The van der Waals surface area contributed by atoms with Crippen molar-refractivity contribution in [1.82, 2.24) is 5.32 Å². The van der Waals surface area contributed by atoms with Gasteiger partial charge in [-0.1, -0.05) is 36.4 Å². The molecule has 1 aliphatic rings. The molecule has 1 aromatic carbocycles. The quantitative estimate of drug-likeness (QED) is 0.314. The van der Waals surface area contributed by atoms with Crippen LogP contribution in [0, 0.1) is 0 Å². The van der Waals surface area contributed by atoms with E-state index in [2.05, 4.69) is 23.2 Å². The van der Waals surface area contributed by atoms with Gasteiger partial charge in [-0.25, -0.2) is 0 Å². The van der Waals surface area contributed by atoms with Crippen LogP contribution in [0.3, 0.4) is 0 Å². The van der Waals surface area contributed by atoms with Crippen molar-refractivity contribution >= 4 is 7.60 Å². The van der Waals surface area contributed by atoms with Gasteiger partial charge in [0.1, 0.15) is 5.76 Å². The van der Waals surface area contributed by atoms with Crippen molar-refractivity contribution in [1.29, 1.82) is 0 Å². The summed E-state index contributed by atoms with van der Waals surface area (Å²) < 4.78 is 16.6. The second-order valence-electron chi connectivity index (χ2n) is 6.12. The van der Waals surface area contributed by atoms with Crippen LogP contribution in [0.2, 0.25) is 0 Å². The van der Waals surface area contributed by atoms with Crippen molar-refractivity contribution in [2.45, 2.75) is 19.3 Å². The van der Waals surface area contributed by atoms with Crippen LogP contribution in [0.4, 0.5) is 0 Å². The highest BCUT2D eigenvalue weighted by molar-refractivity contribution is 7.51. The lowest BCUT2D eigenvalue weighted by molar-refractivity contribution is 0.220. The third-order valence-electron chi connectivity index (χ3n) is 3.81. The Morgan fingerprint density at radius 3 is 2.65 bits per heavy atom. The van der Waals surface area contributed by atoms with Gasteiger partial charge in [-0.2, -0.15) is 0 Å². The maximum Gasteiger partial charge on any atom is 0.325 e. The fourth-order valence-corrected chi connectivity index (χ4v) is 3.04. The Morgan fingerprint density at radius 1 is 1.08 bits per heavy atom. The molecule has 26 heavy (non-hydrogen) atoms. The molecule has 5 nitrogen and oxygen atoms in total. The van der Waals surface area contributed by atoms with Crippen LogP contribution >= 0.6 is 7.60 Å². The minimum Gasteiger partial charge on any atom is -0.493 e. The van der Waals surface area contributed by atoms with E-state index in [-0.39, 0.29) is 6.16 Å². The van der Waals surface area contributed by atoms with Gasteiger partial charge in [-0.05, 0) is 49.1 Å². The second kappa shape index (κ2) is 11.0. The predicted molar refractivity (Wildman–Crippen MR) is 104 cm³/mol. The van der Waals surface area contributed by atoms with Gasteiger partial charge in [-0.15, -0.1) is 5.73 Å². The van der Waals surface area contributed by atoms with Crippen LogP contribution in [-0.4, -0.2) is 35.6 Å². The van der Waals surface area contributed by atoms with Crippen LogP contribution in [-0.2, 0) is 15.7 Å². The minimum atomic E-state index is -3.89. The molecule has 0 amide bonds. The van der Waals surface area contributed by atoms with Crippen LogP contribution in [0.1, 0.15) is 18.4 Å². The summed E-state index contributed by atoms with van der Waals surface area (Å²) in [6, 6.07) is 10.4. The molecule has 0 radical (unpaired) electrons. The van der Waals surface area contributed by atoms with Gasteiger partial charge in [0.2, 0.25) is 0 Å². The maximum atomic E-state index is 10.8. The normalized spacial score (nSPS) is 13.9. The van der Waals surface area contributed by atoms with Crippen LogP contribution in [0.5, 0.6) is 0 Å². The number of rotatable bonds is 11. The predicted octanol–water partition coefficient (Wildman–Crippen LogP) is 3.33. The molecular weight excluding hydrogens is 349 g/mol. The van der Waals surface area contributed by atoms with Gasteiger partial charge in [-0.3, -0.25) is 4.57 Å². The topological polar surface area (TPSA) is 78.8 Å². The lowest BCUT2D eigenvalue weighted by atomic mass is 10.1. The van der Waals surface area contributed by atoms with E-state index in [9.17, 15) is 4.57 Å². The molecule has 0 spiro atoms. The third kappa shape index (κ3) is 9.00. The Bertz CT molecular complexity index is 727. The fourth-order valence-electron chi connectivity index (χ4n) is 2.47. The molecule has 0 unspecified atom stereocenters. The van der Waals surface area contributed by atoms with Crippen molar-refractivity contribution in [3.05, 3.63) is 77.3 Å². The lowest BCUT2D eigenvalue weighted by Crippen LogP contribution is -2.18. The molecule has 0 bridgehead atoms. The molecule has 0 fully saturated rings. The first-order valence-electron chi connectivity index (χ1n) is 8.78. The van der Waals surface area contributed by atoms with Crippen LogP contribution < -0.4 is 5.32 Å². The molecule has 0 aromatic heterocycles. The van der Waals surface area contributed by atoms with Crippen molar-refractivity contribution in [2.24, 2.45) is 0 Å². The zero-order valence-electron chi connectivity index (χ0n) is 14.8. The molecule has 6 heteroatoms. The Labute approximate surface area is 154 Å². The van der Waals surface area contributed by atoms with Gasteiger partial charge < -0.3 is 19.8 Å². The number of hydrogen-bond acceptors (Lipinski definition) is 3. The van der Waals surface area contributed by atoms with Gasteiger partial charge in [0.25, 0.3) is 0 Å². The summed E-state index contributed by atoms with van der Waals surface area (Å²) in [5.41, 5.74) is 5.45. The lowest BCUT2D eigenvalue weighted by Gasteiger charge is -2.06. The van der Waals surface area contributed by atoms with E-state index in [1.807, 2.05) is 42.5 Å². The van der Waals surface area contributed by atoms with E-state index in [1.54, 1.807) is 0 Å². The summed E-state index contributed by atoms with van der Waals surface area (Å²) in [5, 5.41) is 3.17. The molecule has 0 saturated heterocycles. The summed E-state index contributed by atoms with van der Waals surface area (Å²) in [5.74, 6) is 0.783. The molecule has 0 aliphatic heterocycles. The van der Waals surface area contributed by atoms with Crippen LogP contribution in [0.25, 0.3) is 0 Å². The summed E-state index contributed by atoms with van der Waals surface area (Å²) in [6.45, 7) is 1.84. The molecule has 1 aliphatic carbocycles. The Kier molecular flexibility index (Phi) is 8.63. The largest absolute Gasteiger partial charge is 0.493 e. The summed E-state index contributed by atoms with van der Waals surface area (Å²) in [7, 11) is -3.89. The zero-order chi connectivity index (χ0) is 18.7.